The second kappa shape index (κ2) is 1.89. The molecule has 0 aromatic rings. The van der Waals surface area contributed by atoms with Gasteiger partial charge >= 0.3 is 0 Å². The van der Waals surface area contributed by atoms with Gasteiger partial charge in [0, 0.05) is 0 Å². The van der Waals surface area contributed by atoms with E-state index in [0.717, 1.165) is 12.5 Å². The first-order valence-electron chi connectivity index (χ1n) is 3.30. The summed E-state index contributed by atoms with van der Waals surface area (Å²) in [5, 5.41) is 0. The molecule has 0 aromatic carbocycles. The molecule has 40 valence electrons. The zero-order valence-electron chi connectivity index (χ0n) is 5.28. The van der Waals surface area contributed by atoms with Crippen molar-refractivity contribution in [3.8, 4) is 0 Å². The van der Waals surface area contributed by atoms with E-state index >= 15 is 0 Å². The van der Waals surface area contributed by atoms with Gasteiger partial charge in [-0.3, -0.25) is 0 Å². The summed E-state index contributed by atoms with van der Waals surface area (Å²) in [4.78, 5) is 0. The number of hydrogen-bond acceptors (Lipinski definition) is 0. The first-order chi connectivity index (χ1) is 3.30. The van der Waals surface area contributed by atoms with Gasteiger partial charge in [-0.25, -0.2) is 0 Å². The third kappa shape index (κ3) is 0.989. The second-order valence-electron chi connectivity index (χ2n) is 2.94. The Bertz CT molecular complexity index is 55.2. The van der Waals surface area contributed by atoms with Crippen molar-refractivity contribution in [3.63, 3.8) is 0 Å². The molecule has 1 aliphatic carbocycles. The van der Waals surface area contributed by atoms with Gasteiger partial charge in [-0.15, -0.1) is 0 Å². The first kappa shape index (κ1) is 5.21. The monoisotopic (exact) mass is 96.1 g/mol. The van der Waals surface area contributed by atoms with E-state index in [1.54, 1.807) is 0 Å². The number of rotatable bonds is 1. The van der Waals surface area contributed by atoms with E-state index in [0.29, 0.717) is 0 Å². The third-order valence-electron chi connectivity index (χ3n) is 2.09. The molecule has 0 saturated heterocycles. The van der Waals surface area contributed by atoms with Crippen LogP contribution in [0, 0.1) is 0 Å². The van der Waals surface area contributed by atoms with Gasteiger partial charge in [0.15, 0.2) is 0 Å². The SMILES string of the molecule is CB(C)C1CCC1. The molecule has 1 aliphatic rings. The fourth-order valence-corrected chi connectivity index (χ4v) is 1.11. The highest BCUT2D eigenvalue weighted by molar-refractivity contribution is 6.57. The van der Waals surface area contributed by atoms with E-state index in [-0.39, 0.29) is 0 Å². The average Bonchev–Trinajstić information content (AvgIpc) is 1.23. The Labute approximate surface area is 46.4 Å². The van der Waals surface area contributed by atoms with Crippen molar-refractivity contribution in [1.82, 2.24) is 0 Å². The summed E-state index contributed by atoms with van der Waals surface area (Å²) in [5.74, 6) is 1.08. The summed E-state index contributed by atoms with van der Waals surface area (Å²) in [5.41, 5.74) is 0. The third-order valence-corrected chi connectivity index (χ3v) is 2.09. The van der Waals surface area contributed by atoms with E-state index in [1.807, 2.05) is 0 Å². The summed E-state index contributed by atoms with van der Waals surface area (Å²) in [6.07, 6.45) is 4.48. The van der Waals surface area contributed by atoms with Crippen molar-refractivity contribution in [2.24, 2.45) is 0 Å². The maximum Gasteiger partial charge on any atom is 0.136 e. The van der Waals surface area contributed by atoms with E-state index in [9.17, 15) is 0 Å². The van der Waals surface area contributed by atoms with Gasteiger partial charge in [0.05, 0.1) is 0 Å². The van der Waals surface area contributed by atoms with Gasteiger partial charge in [-0.2, -0.15) is 0 Å². The molecule has 1 saturated carbocycles. The summed E-state index contributed by atoms with van der Waals surface area (Å²) >= 11 is 0. The highest BCUT2D eigenvalue weighted by Crippen LogP contribution is 2.34. The quantitative estimate of drug-likeness (QED) is 0.439. The highest BCUT2D eigenvalue weighted by Gasteiger charge is 2.21. The molecule has 1 rings (SSSR count). The molecular weight excluding hydrogens is 82.9 g/mol. The lowest BCUT2D eigenvalue weighted by molar-refractivity contribution is 0.494. The normalized spacial score (nSPS) is 21.4. The smallest absolute Gasteiger partial charge is 0.0861 e. The lowest BCUT2D eigenvalue weighted by Gasteiger charge is -2.27. The molecule has 0 aliphatic heterocycles. The summed E-state index contributed by atoms with van der Waals surface area (Å²) < 4.78 is 0. The minimum atomic E-state index is 0.953. The van der Waals surface area contributed by atoms with Crippen LogP contribution in [0.25, 0.3) is 0 Å². The minimum absolute atomic E-state index is 0.953. The van der Waals surface area contributed by atoms with Crippen LogP contribution in [0.15, 0.2) is 0 Å². The Morgan fingerprint density at radius 2 is 1.86 bits per heavy atom. The Hall–Kier alpha value is 0.0649. The molecule has 0 radical (unpaired) electrons. The highest BCUT2D eigenvalue weighted by atomic mass is 14.1. The van der Waals surface area contributed by atoms with Gasteiger partial charge in [0.25, 0.3) is 0 Å². The molecule has 1 fully saturated rings. The van der Waals surface area contributed by atoms with Crippen LogP contribution in [0.1, 0.15) is 19.3 Å². The first-order valence-corrected chi connectivity index (χ1v) is 3.30. The molecule has 0 N–H and O–H groups in total. The number of hydrogen-bond donors (Lipinski definition) is 0. The summed E-state index contributed by atoms with van der Waals surface area (Å²) in [6.45, 7) is 5.60. The predicted octanol–water partition coefficient (Wildman–Crippen LogP) is 2.29. The van der Waals surface area contributed by atoms with Gasteiger partial charge in [0.1, 0.15) is 6.71 Å². The molecule has 1 heteroatoms. The zero-order valence-corrected chi connectivity index (χ0v) is 5.28. The van der Waals surface area contributed by atoms with E-state index in [1.165, 1.54) is 19.3 Å². The molecule has 0 amide bonds. The largest absolute Gasteiger partial charge is 0.136 e. The Balaban J connectivity index is 2.14. The molecule has 0 bridgehead atoms. The molecule has 0 spiro atoms. The lowest BCUT2D eigenvalue weighted by Crippen LogP contribution is -2.18. The van der Waals surface area contributed by atoms with Gasteiger partial charge < -0.3 is 0 Å². The lowest BCUT2D eigenvalue weighted by atomic mass is 9.40. The van der Waals surface area contributed by atoms with Crippen molar-refractivity contribution in [2.75, 3.05) is 0 Å². The van der Waals surface area contributed by atoms with Gasteiger partial charge in [0.2, 0.25) is 0 Å². The van der Waals surface area contributed by atoms with Crippen LogP contribution in [0.2, 0.25) is 19.5 Å². The van der Waals surface area contributed by atoms with Crippen molar-refractivity contribution in [3.05, 3.63) is 0 Å². The van der Waals surface area contributed by atoms with Crippen LogP contribution in [0.5, 0.6) is 0 Å². The van der Waals surface area contributed by atoms with Crippen LogP contribution >= 0.6 is 0 Å². The molecule has 0 heterocycles. The van der Waals surface area contributed by atoms with E-state index in [2.05, 4.69) is 13.6 Å². The van der Waals surface area contributed by atoms with Crippen LogP contribution in [-0.2, 0) is 0 Å². The van der Waals surface area contributed by atoms with Crippen LogP contribution < -0.4 is 0 Å². The summed E-state index contributed by atoms with van der Waals surface area (Å²) in [6, 6.07) is 0. The fraction of sp³-hybridized carbons (Fsp3) is 1.00. The van der Waals surface area contributed by atoms with Crippen molar-refractivity contribution >= 4 is 6.71 Å². The van der Waals surface area contributed by atoms with Gasteiger partial charge in [-0.1, -0.05) is 38.7 Å². The molecule has 0 atom stereocenters. The Morgan fingerprint density at radius 3 is 1.86 bits per heavy atom. The van der Waals surface area contributed by atoms with Crippen molar-refractivity contribution in [2.45, 2.75) is 38.7 Å². The van der Waals surface area contributed by atoms with Crippen LogP contribution in [0.4, 0.5) is 0 Å². The van der Waals surface area contributed by atoms with E-state index in [4.69, 9.17) is 0 Å². The standard InChI is InChI=1S/C6H13B/c1-7(2)6-4-3-5-6/h6H,3-5H2,1-2H3. The Kier molecular flexibility index (Phi) is 1.41. The van der Waals surface area contributed by atoms with E-state index < -0.39 is 0 Å². The molecule has 0 aromatic heterocycles. The molecule has 7 heavy (non-hydrogen) atoms. The van der Waals surface area contributed by atoms with Crippen molar-refractivity contribution in [1.29, 1.82) is 0 Å². The maximum atomic E-state index is 2.32. The molecule has 0 nitrogen and oxygen atoms in total. The van der Waals surface area contributed by atoms with Crippen molar-refractivity contribution < 1.29 is 0 Å². The maximum absolute atomic E-state index is 2.32. The predicted molar refractivity (Wildman–Crippen MR) is 35.1 cm³/mol. The second-order valence-corrected chi connectivity index (χ2v) is 2.94. The topological polar surface area (TPSA) is 0 Å². The molecular formula is C6H13B. The molecule has 0 unspecified atom stereocenters. The van der Waals surface area contributed by atoms with Crippen LogP contribution in [-0.4, -0.2) is 6.71 Å². The Morgan fingerprint density at radius 1 is 1.29 bits per heavy atom. The summed E-state index contributed by atoms with van der Waals surface area (Å²) in [7, 11) is 0. The fourth-order valence-electron chi connectivity index (χ4n) is 1.11. The van der Waals surface area contributed by atoms with Crippen LogP contribution in [0.3, 0.4) is 0 Å². The average molecular weight is 96.0 g/mol. The van der Waals surface area contributed by atoms with Gasteiger partial charge in [-0.05, 0) is 0 Å². The minimum Gasteiger partial charge on any atom is -0.0861 e. The zero-order chi connectivity index (χ0) is 5.28.